The Hall–Kier alpha value is -3.68. The molecule has 130 valence electrons. The highest BCUT2D eigenvalue weighted by molar-refractivity contribution is 5.92. The van der Waals surface area contributed by atoms with Crippen molar-refractivity contribution in [1.82, 2.24) is 25.1 Å². The molecule has 0 aliphatic carbocycles. The summed E-state index contributed by atoms with van der Waals surface area (Å²) in [6, 6.07) is 11.1. The molecular formula is C18H16N6O2. The number of oxazole rings is 1. The highest BCUT2D eigenvalue weighted by Gasteiger charge is 2.11. The summed E-state index contributed by atoms with van der Waals surface area (Å²) in [6.45, 7) is 0.275. The number of rotatable bonds is 4. The maximum atomic E-state index is 11.9. The topological polar surface area (TPSA) is 97.9 Å². The fourth-order valence-electron chi connectivity index (χ4n) is 2.69. The number of nitrogens with one attached hydrogen (secondary N) is 2. The van der Waals surface area contributed by atoms with Gasteiger partial charge in [-0.25, -0.2) is 19.4 Å². The van der Waals surface area contributed by atoms with Crippen LogP contribution in [-0.4, -0.2) is 25.8 Å². The minimum Gasteiger partial charge on any atom is -0.447 e. The van der Waals surface area contributed by atoms with Gasteiger partial charge in [0.25, 0.3) is 0 Å². The van der Waals surface area contributed by atoms with Crippen LogP contribution in [0.5, 0.6) is 0 Å². The number of nitrogens with zero attached hydrogens (tertiary/aromatic N) is 4. The molecule has 8 heteroatoms. The third-order valence-corrected chi connectivity index (χ3v) is 3.92. The van der Waals surface area contributed by atoms with Crippen molar-refractivity contribution in [2.45, 2.75) is 6.54 Å². The lowest BCUT2D eigenvalue weighted by molar-refractivity contribution is 0.251. The highest BCUT2D eigenvalue weighted by atomic mass is 16.3. The van der Waals surface area contributed by atoms with E-state index < -0.39 is 0 Å². The van der Waals surface area contributed by atoms with E-state index in [0.29, 0.717) is 11.4 Å². The van der Waals surface area contributed by atoms with E-state index in [1.54, 1.807) is 17.1 Å². The molecule has 3 heterocycles. The van der Waals surface area contributed by atoms with Crippen molar-refractivity contribution >= 4 is 22.8 Å². The summed E-state index contributed by atoms with van der Waals surface area (Å²) in [4.78, 5) is 20.1. The second-order valence-corrected chi connectivity index (χ2v) is 5.70. The maximum absolute atomic E-state index is 11.9. The molecule has 0 radical (unpaired) electrons. The minimum absolute atomic E-state index is 0.275. The molecule has 0 aliphatic heterocycles. The third-order valence-electron chi connectivity index (χ3n) is 3.92. The fourth-order valence-corrected chi connectivity index (χ4v) is 2.69. The fraction of sp³-hybridized carbons (Fsp3) is 0.111. The maximum Gasteiger partial charge on any atom is 0.319 e. The smallest absolute Gasteiger partial charge is 0.319 e. The first-order valence-electron chi connectivity index (χ1n) is 8.01. The van der Waals surface area contributed by atoms with E-state index in [-0.39, 0.29) is 12.6 Å². The molecule has 3 aromatic heterocycles. The van der Waals surface area contributed by atoms with Crippen LogP contribution in [0.2, 0.25) is 0 Å². The quantitative estimate of drug-likeness (QED) is 0.591. The van der Waals surface area contributed by atoms with Gasteiger partial charge in [0.2, 0.25) is 0 Å². The molecule has 0 saturated heterocycles. The molecule has 4 aromatic rings. The number of benzene rings is 1. The van der Waals surface area contributed by atoms with Gasteiger partial charge in [0.15, 0.2) is 12.0 Å². The molecule has 0 aliphatic rings. The van der Waals surface area contributed by atoms with Crippen LogP contribution in [0.3, 0.4) is 0 Å². The van der Waals surface area contributed by atoms with E-state index >= 15 is 0 Å². The molecule has 8 nitrogen and oxygen atoms in total. The van der Waals surface area contributed by atoms with Crippen LogP contribution in [0.15, 0.2) is 59.6 Å². The van der Waals surface area contributed by atoms with Crippen molar-refractivity contribution in [3.63, 3.8) is 0 Å². The molecule has 0 bridgehead atoms. The first-order valence-corrected chi connectivity index (χ1v) is 8.01. The summed E-state index contributed by atoms with van der Waals surface area (Å²) in [5.74, 6) is 0.589. The predicted octanol–water partition coefficient (Wildman–Crippen LogP) is 2.95. The summed E-state index contributed by atoms with van der Waals surface area (Å²) >= 11 is 0. The Balaban J connectivity index is 1.47. The van der Waals surface area contributed by atoms with Crippen LogP contribution in [0, 0.1) is 0 Å². The molecule has 0 unspecified atom stereocenters. The summed E-state index contributed by atoms with van der Waals surface area (Å²) in [7, 11) is 1.87. The van der Waals surface area contributed by atoms with E-state index in [9.17, 15) is 4.79 Å². The van der Waals surface area contributed by atoms with E-state index in [4.69, 9.17) is 4.42 Å². The van der Waals surface area contributed by atoms with Crippen molar-refractivity contribution in [2.24, 2.45) is 7.05 Å². The average molecular weight is 348 g/mol. The lowest BCUT2D eigenvalue weighted by atomic mass is 10.1. The van der Waals surface area contributed by atoms with Crippen LogP contribution >= 0.6 is 0 Å². The van der Waals surface area contributed by atoms with Gasteiger partial charge in [-0.1, -0.05) is 12.1 Å². The lowest BCUT2D eigenvalue weighted by Crippen LogP contribution is -2.27. The first kappa shape index (κ1) is 15.8. The number of hydrogen-bond acceptors (Lipinski definition) is 5. The minimum atomic E-state index is -0.318. The number of hydrogen-bond donors (Lipinski definition) is 2. The Kier molecular flexibility index (Phi) is 4.06. The Morgan fingerprint density at radius 2 is 2.08 bits per heavy atom. The molecule has 26 heavy (non-hydrogen) atoms. The number of aromatic nitrogens is 4. The molecule has 0 saturated carbocycles. The van der Waals surface area contributed by atoms with Crippen molar-refractivity contribution in [3.05, 3.63) is 60.9 Å². The van der Waals surface area contributed by atoms with E-state index in [1.165, 1.54) is 6.39 Å². The zero-order chi connectivity index (χ0) is 17.9. The van der Waals surface area contributed by atoms with Crippen molar-refractivity contribution in [1.29, 1.82) is 0 Å². The zero-order valence-corrected chi connectivity index (χ0v) is 14.0. The number of carbonyl (C=O) groups is 1. The average Bonchev–Trinajstić information content (AvgIpc) is 3.29. The number of aryl methyl sites for hydroxylation is 1. The van der Waals surface area contributed by atoms with Gasteiger partial charge in [-0.05, 0) is 24.3 Å². The van der Waals surface area contributed by atoms with E-state index in [2.05, 4.69) is 25.7 Å². The zero-order valence-electron chi connectivity index (χ0n) is 14.0. The second kappa shape index (κ2) is 6.67. The molecule has 2 N–H and O–H groups in total. The molecule has 0 fully saturated rings. The van der Waals surface area contributed by atoms with Crippen LogP contribution in [0.25, 0.3) is 22.3 Å². The second-order valence-electron chi connectivity index (χ2n) is 5.70. The number of anilines is 1. The van der Waals surface area contributed by atoms with Crippen LogP contribution in [-0.2, 0) is 13.6 Å². The van der Waals surface area contributed by atoms with E-state index in [0.717, 1.165) is 22.3 Å². The molecule has 0 atom stereocenters. The summed E-state index contributed by atoms with van der Waals surface area (Å²) in [5.41, 5.74) is 3.33. The molecule has 1 aromatic carbocycles. The highest BCUT2D eigenvalue weighted by Crippen LogP contribution is 2.27. The number of urea groups is 1. The molecule has 4 rings (SSSR count). The van der Waals surface area contributed by atoms with E-state index in [1.807, 2.05) is 43.4 Å². The van der Waals surface area contributed by atoms with Gasteiger partial charge in [-0.15, -0.1) is 0 Å². The van der Waals surface area contributed by atoms with Crippen LogP contribution in [0.4, 0.5) is 10.5 Å². The third kappa shape index (κ3) is 3.12. The van der Waals surface area contributed by atoms with Gasteiger partial charge < -0.3 is 15.1 Å². The lowest BCUT2D eigenvalue weighted by Gasteiger charge is -2.07. The molecule has 0 spiro atoms. The number of pyridine rings is 1. The summed E-state index contributed by atoms with van der Waals surface area (Å²) in [6.07, 6.45) is 4.63. The predicted molar refractivity (Wildman–Crippen MR) is 96.3 cm³/mol. The van der Waals surface area contributed by atoms with Crippen LogP contribution < -0.4 is 10.6 Å². The normalized spacial score (nSPS) is 10.8. The van der Waals surface area contributed by atoms with Gasteiger partial charge in [0.05, 0.1) is 12.7 Å². The Morgan fingerprint density at radius 1 is 1.23 bits per heavy atom. The van der Waals surface area contributed by atoms with Gasteiger partial charge in [0, 0.05) is 29.9 Å². The van der Waals surface area contributed by atoms with Gasteiger partial charge in [-0.3, -0.25) is 0 Å². The van der Waals surface area contributed by atoms with Crippen molar-refractivity contribution in [3.8, 4) is 11.3 Å². The summed E-state index contributed by atoms with van der Waals surface area (Å²) < 4.78 is 6.83. The Labute approximate surface area is 148 Å². The number of carbonyl (C=O) groups excluding carboxylic acids is 1. The number of fused-ring (bicyclic) bond motifs is 1. The Morgan fingerprint density at radius 3 is 2.85 bits per heavy atom. The van der Waals surface area contributed by atoms with Crippen molar-refractivity contribution in [2.75, 3.05) is 5.32 Å². The van der Waals surface area contributed by atoms with Crippen LogP contribution in [0.1, 0.15) is 5.76 Å². The first-order chi connectivity index (χ1) is 12.7. The SMILES string of the molecule is Cn1nc(-c2ccc(NC(=O)NCc3cnco3)cc2)c2cccnc21. The monoisotopic (exact) mass is 348 g/mol. The standard InChI is InChI=1S/C18H16N6O2/c1-24-17-15(3-2-8-20-17)16(23-24)12-4-6-13(7-5-12)22-18(25)21-10-14-9-19-11-26-14/h2-9,11H,10H2,1H3,(H2,21,22,25). The molecular weight excluding hydrogens is 332 g/mol. The van der Waals surface area contributed by atoms with Gasteiger partial charge >= 0.3 is 6.03 Å². The van der Waals surface area contributed by atoms with Gasteiger partial charge in [-0.2, -0.15) is 5.10 Å². The Bertz CT molecular complexity index is 1040. The van der Waals surface area contributed by atoms with Gasteiger partial charge in [0.1, 0.15) is 11.5 Å². The molecule has 2 amide bonds. The summed E-state index contributed by atoms with van der Waals surface area (Å²) in [5, 5.41) is 11.0. The number of amides is 2. The largest absolute Gasteiger partial charge is 0.447 e. The van der Waals surface area contributed by atoms with Crippen molar-refractivity contribution < 1.29 is 9.21 Å².